The number of hydrogen-bond donors (Lipinski definition) is 2. The zero-order valence-electron chi connectivity index (χ0n) is 17.0. The molecule has 0 saturated heterocycles. The fourth-order valence-electron chi connectivity index (χ4n) is 3.31. The summed E-state index contributed by atoms with van der Waals surface area (Å²) in [6, 6.07) is 14.8. The van der Waals surface area contributed by atoms with Crippen molar-refractivity contribution in [3.63, 3.8) is 0 Å². The van der Waals surface area contributed by atoms with E-state index in [1.165, 1.54) is 6.07 Å². The lowest BCUT2D eigenvalue weighted by atomic mass is 10.2. The van der Waals surface area contributed by atoms with Gasteiger partial charge >= 0.3 is 0 Å². The minimum Gasteiger partial charge on any atom is -0.496 e. The summed E-state index contributed by atoms with van der Waals surface area (Å²) in [7, 11) is -2.10. The standard InChI is InChI=1S/C23H21N3O4S/c1-15-11-19(7-8-22(15)30-2)31(28,29)18-5-3-16(4-6-18)13-25-23(27)21-12-17-14-24-10-9-20(17)26-21/h3-12,14,26H,13H2,1-2H3,(H,25,27). The minimum atomic E-state index is -3.65. The van der Waals surface area contributed by atoms with E-state index in [1.807, 2.05) is 0 Å². The molecular weight excluding hydrogens is 414 g/mol. The Balaban J connectivity index is 1.46. The number of aryl methyl sites for hydroxylation is 1. The van der Waals surface area contributed by atoms with Crippen LogP contribution in [0.5, 0.6) is 5.75 Å². The third-order valence-electron chi connectivity index (χ3n) is 5.03. The molecule has 8 heteroatoms. The zero-order valence-corrected chi connectivity index (χ0v) is 17.9. The zero-order chi connectivity index (χ0) is 22.0. The average molecular weight is 436 g/mol. The van der Waals surface area contributed by atoms with Gasteiger partial charge in [0.1, 0.15) is 11.4 Å². The van der Waals surface area contributed by atoms with Gasteiger partial charge in [0.25, 0.3) is 5.91 Å². The first-order valence-electron chi connectivity index (χ1n) is 9.58. The molecule has 4 rings (SSSR count). The number of fused-ring (bicyclic) bond motifs is 1. The molecule has 7 nitrogen and oxygen atoms in total. The van der Waals surface area contributed by atoms with Gasteiger partial charge in [0, 0.05) is 29.8 Å². The van der Waals surface area contributed by atoms with Crippen LogP contribution in [0.3, 0.4) is 0 Å². The van der Waals surface area contributed by atoms with Crippen LogP contribution >= 0.6 is 0 Å². The van der Waals surface area contributed by atoms with E-state index >= 15 is 0 Å². The summed E-state index contributed by atoms with van der Waals surface area (Å²) in [5.74, 6) is 0.387. The number of hydrogen-bond acceptors (Lipinski definition) is 5. The van der Waals surface area contributed by atoms with E-state index in [9.17, 15) is 13.2 Å². The number of carbonyl (C=O) groups is 1. The fraction of sp³-hybridized carbons (Fsp3) is 0.130. The normalized spacial score (nSPS) is 11.4. The summed E-state index contributed by atoms with van der Waals surface area (Å²) in [4.78, 5) is 19.9. The van der Waals surface area contributed by atoms with E-state index in [4.69, 9.17) is 4.74 Å². The third kappa shape index (κ3) is 4.15. The number of amides is 1. The molecule has 31 heavy (non-hydrogen) atoms. The van der Waals surface area contributed by atoms with Crippen molar-refractivity contribution in [1.29, 1.82) is 0 Å². The Morgan fingerprint density at radius 3 is 2.48 bits per heavy atom. The van der Waals surface area contributed by atoms with Crippen molar-refractivity contribution in [2.45, 2.75) is 23.3 Å². The average Bonchev–Trinajstić information content (AvgIpc) is 3.22. The lowest BCUT2D eigenvalue weighted by Crippen LogP contribution is -2.23. The number of nitrogens with one attached hydrogen (secondary N) is 2. The van der Waals surface area contributed by atoms with Crippen LogP contribution in [0.2, 0.25) is 0 Å². The van der Waals surface area contributed by atoms with E-state index in [1.54, 1.807) is 75.0 Å². The molecule has 1 amide bonds. The highest BCUT2D eigenvalue weighted by Crippen LogP contribution is 2.26. The molecule has 0 fully saturated rings. The third-order valence-corrected chi connectivity index (χ3v) is 6.80. The molecular formula is C23H21N3O4S. The van der Waals surface area contributed by atoms with Crippen LogP contribution in [0, 0.1) is 6.92 Å². The quantitative estimate of drug-likeness (QED) is 0.482. The number of rotatable bonds is 6. The van der Waals surface area contributed by atoms with Gasteiger partial charge in [0.2, 0.25) is 9.84 Å². The van der Waals surface area contributed by atoms with Crippen LogP contribution in [0.1, 0.15) is 21.6 Å². The van der Waals surface area contributed by atoms with Crippen molar-refractivity contribution < 1.29 is 17.9 Å². The largest absolute Gasteiger partial charge is 0.496 e. The van der Waals surface area contributed by atoms with Crippen molar-refractivity contribution >= 4 is 26.6 Å². The Morgan fingerprint density at radius 2 is 1.81 bits per heavy atom. The van der Waals surface area contributed by atoms with E-state index in [-0.39, 0.29) is 22.2 Å². The van der Waals surface area contributed by atoms with E-state index in [2.05, 4.69) is 15.3 Å². The Labute approximate surface area is 180 Å². The van der Waals surface area contributed by atoms with Crippen LogP contribution in [0.25, 0.3) is 10.9 Å². The number of ether oxygens (including phenoxy) is 1. The number of aromatic amines is 1. The topological polar surface area (TPSA) is 101 Å². The second-order valence-corrected chi connectivity index (χ2v) is 9.06. The maximum Gasteiger partial charge on any atom is 0.267 e. The first-order chi connectivity index (χ1) is 14.9. The molecule has 0 atom stereocenters. The molecule has 0 aliphatic rings. The monoisotopic (exact) mass is 435 g/mol. The van der Waals surface area contributed by atoms with Gasteiger partial charge in [-0.2, -0.15) is 0 Å². The van der Waals surface area contributed by atoms with Crippen LogP contribution < -0.4 is 10.1 Å². The Morgan fingerprint density at radius 1 is 1.06 bits per heavy atom. The predicted molar refractivity (Wildman–Crippen MR) is 117 cm³/mol. The number of sulfone groups is 1. The molecule has 0 aliphatic carbocycles. The Bertz CT molecular complexity index is 1330. The maximum absolute atomic E-state index is 12.9. The molecule has 2 heterocycles. The lowest BCUT2D eigenvalue weighted by molar-refractivity contribution is 0.0946. The lowest BCUT2D eigenvalue weighted by Gasteiger charge is -2.10. The molecule has 158 valence electrons. The summed E-state index contributed by atoms with van der Waals surface area (Å²) >= 11 is 0. The predicted octanol–water partition coefficient (Wildman–Crippen LogP) is 3.64. The molecule has 0 bridgehead atoms. The SMILES string of the molecule is COc1ccc(S(=O)(=O)c2ccc(CNC(=O)c3cc4cnccc4[nH]3)cc2)cc1C. The van der Waals surface area contributed by atoms with E-state index in [0.29, 0.717) is 11.4 Å². The number of methoxy groups -OCH3 is 1. The van der Waals surface area contributed by atoms with Gasteiger partial charge in [-0.1, -0.05) is 12.1 Å². The van der Waals surface area contributed by atoms with Crippen LogP contribution in [0.15, 0.2) is 76.8 Å². The summed E-state index contributed by atoms with van der Waals surface area (Å²) in [6.07, 6.45) is 3.34. The summed E-state index contributed by atoms with van der Waals surface area (Å²) < 4.78 is 31.0. The van der Waals surface area contributed by atoms with Gasteiger partial charge in [-0.3, -0.25) is 9.78 Å². The second kappa shape index (κ2) is 8.23. The fourth-order valence-corrected chi connectivity index (χ4v) is 4.66. The van der Waals surface area contributed by atoms with Gasteiger partial charge in [0.05, 0.1) is 16.9 Å². The number of H-pyrrole nitrogens is 1. The van der Waals surface area contributed by atoms with Crippen LogP contribution in [-0.2, 0) is 16.4 Å². The Hall–Kier alpha value is -3.65. The van der Waals surface area contributed by atoms with Crippen molar-refractivity contribution in [3.8, 4) is 5.75 Å². The molecule has 0 saturated carbocycles. The number of nitrogens with zero attached hydrogens (tertiary/aromatic N) is 1. The number of aromatic nitrogens is 2. The van der Waals surface area contributed by atoms with Crippen molar-refractivity contribution in [2.24, 2.45) is 0 Å². The van der Waals surface area contributed by atoms with Crippen molar-refractivity contribution in [1.82, 2.24) is 15.3 Å². The number of benzene rings is 2. The van der Waals surface area contributed by atoms with Gasteiger partial charge < -0.3 is 15.0 Å². The van der Waals surface area contributed by atoms with Gasteiger partial charge in [-0.25, -0.2) is 8.42 Å². The Kier molecular flexibility index (Phi) is 5.48. The first-order valence-corrected chi connectivity index (χ1v) is 11.1. The van der Waals surface area contributed by atoms with Crippen molar-refractivity contribution in [3.05, 3.63) is 83.8 Å². The van der Waals surface area contributed by atoms with Gasteiger partial charge in [0.15, 0.2) is 0 Å². The summed E-state index contributed by atoms with van der Waals surface area (Å²) in [5, 5.41) is 3.69. The molecule has 2 aromatic heterocycles. The molecule has 0 unspecified atom stereocenters. The number of pyridine rings is 1. The molecule has 0 spiro atoms. The smallest absolute Gasteiger partial charge is 0.267 e. The molecule has 4 aromatic rings. The highest BCUT2D eigenvalue weighted by molar-refractivity contribution is 7.91. The summed E-state index contributed by atoms with van der Waals surface area (Å²) in [5.41, 5.74) is 2.81. The van der Waals surface area contributed by atoms with Gasteiger partial charge in [-0.15, -0.1) is 0 Å². The highest BCUT2D eigenvalue weighted by atomic mass is 32.2. The molecule has 2 N–H and O–H groups in total. The van der Waals surface area contributed by atoms with Crippen molar-refractivity contribution in [2.75, 3.05) is 7.11 Å². The molecule has 0 radical (unpaired) electrons. The van der Waals surface area contributed by atoms with E-state index in [0.717, 1.165) is 22.0 Å². The molecule has 0 aliphatic heterocycles. The summed E-state index contributed by atoms with van der Waals surface area (Å²) in [6.45, 7) is 2.07. The first kappa shape index (κ1) is 20.6. The maximum atomic E-state index is 12.9. The van der Waals surface area contributed by atoms with Gasteiger partial charge in [-0.05, 0) is 60.5 Å². The van der Waals surface area contributed by atoms with Crippen LogP contribution in [-0.4, -0.2) is 31.4 Å². The minimum absolute atomic E-state index is 0.190. The number of carbonyl (C=O) groups excluding carboxylic acids is 1. The van der Waals surface area contributed by atoms with Crippen LogP contribution in [0.4, 0.5) is 0 Å². The second-order valence-electron chi connectivity index (χ2n) is 7.11. The van der Waals surface area contributed by atoms with E-state index < -0.39 is 9.84 Å². The molecule has 2 aromatic carbocycles. The highest BCUT2D eigenvalue weighted by Gasteiger charge is 2.19.